The van der Waals surface area contributed by atoms with Crippen molar-refractivity contribution in [2.45, 2.75) is 26.2 Å². The zero-order chi connectivity index (χ0) is 11.4. The lowest BCUT2D eigenvalue weighted by Gasteiger charge is -2.03. The van der Waals surface area contributed by atoms with E-state index in [0.29, 0.717) is 6.54 Å². The van der Waals surface area contributed by atoms with Gasteiger partial charge in [0.1, 0.15) is 0 Å². The van der Waals surface area contributed by atoms with Crippen molar-refractivity contribution in [1.29, 1.82) is 0 Å². The second-order valence-electron chi connectivity index (χ2n) is 3.17. The van der Waals surface area contributed by atoms with Crippen molar-refractivity contribution in [3.8, 4) is 0 Å². The molecule has 0 atom stereocenters. The minimum absolute atomic E-state index is 0.107. The summed E-state index contributed by atoms with van der Waals surface area (Å²) >= 11 is 0. The van der Waals surface area contributed by atoms with Gasteiger partial charge in [-0.1, -0.05) is 18.7 Å². The Bertz CT molecular complexity index is 200. The lowest BCUT2D eigenvalue weighted by Crippen LogP contribution is -2.22. The maximum absolute atomic E-state index is 10.8. The molecule has 0 aromatic heterocycles. The second-order valence-corrected chi connectivity index (χ2v) is 3.17. The minimum Gasteiger partial charge on any atom is -0.381 e. The number of nitrogens with one attached hydrogen (secondary N) is 1. The molecule has 0 bridgehead atoms. The molecule has 15 heavy (non-hydrogen) atoms. The molecule has 0 aliphatic rings. The number of ether oxygens (including phenoxy) is 1. The maximum atomic E-state index is 10.8. The average Bonchev–Trinajstić information content (AvgIpc) is 2.26. The molecule has 0 aromatic carbocycles. The molecule has 0 saturated carbocycles. The van der Waals surface area contributed by atoms with E-state index in [-0.39, 0.29) is 5.91 Å². The normalized spacial score (nSPS) is 10.5. The first-order valence-corrected chi connectivity index (χ1v) is 5.40. The highest BCUT2D eigenvalue weighted by Gasteiger charge is 1.92. The number of amides is 1. The largest absolute Gasteiger partial charge is 0.381 e. The van der Waals surface area contributed by atoms with E-state index >= 15 is 0 Å². The molecule has 86 valence electrons. The Kier molecular flexibility index (Phi) is 10.2. The number of carbonyl (C=O) groups is 1. The van der Waals surface area contributed by atoms with Crippen LogP contribution in [0.2, 0.25) is 0 Å². The highest BCUT2D eigenvalue weighted by molar-refractivity contribution is 5.86. The molecular weight excluding hydrogens is 190 g/mol. The lowest BCUT2D eigenvalue weighted by molar-refractivity contribution is -0.116. The number of hydrogen-bond donors (Lipinski definition) is 1. The van der Waals surface area contributed by atoms with Crippen molar-refractivity contribution in [2.75, 3.05) is 19.8 Å². The third-order valence-electron chi connectivity index (χ3n) is 1.86. The van der Waals surface area contributed by atoms with Gasteiger partial charge in [-0.25, -0.2) is 0 Å². The Morgan fingerprint density at radius 2 is 2.20 bits per heavy atom. The predicted octanol–water partition coefficient (Wildman–Crippen LogP) is 2.05. The topological polar surface area (TPSA) is 38.3 Å². The SMILES string of the molecule is C=CC(=O)NCCCCOCCC=CC. The number of carbonyl (C=O) groups excluding carboxylic acids is 1. The monoisotopic (exact) mass is 211 g/mol. The van der Waals surface area contributed by atoms with E-state index in [1.54, 1.807) is 0 Å². The van der Waals surface area contributed by atoms with Gasteiger partial charge in [0.2, 0.25) is 5.91 Å². The Morgan fingerprint density at radius 1 is 1.40 bits per heavy atom. The van der Waals surface area contributed by atoms with Crippen LogP contribution in [-0.2, 0) is 9.53 Å². The first-order valence-electron chi connectivity index (χ1n) is 5.40. The van der Waals surface area contributed by atoms with Gasteiger partial charge in [-0.05, 0) is 32.3 Å². The van der Waals surface area contributed by atoms with Gasteiger partial charge in [-0.15, -0.1) is 0 Å². The first-order chi connectivity index (χ1) is 7.31. The maximum Gasteiger partial charge on any atom is 0.243 e. The van der Waals surface area contributed by atoms with E-state index in [1.165, 1.54) is 6.08 Å². The molecule has 0 spiro atoms. The van der Waals surface area contributed by atoms with Crippen molar-refractivity contribution in [1.82, 2.24) is 5.32 Å². The highest BCUT2D eigenvalue weighted by Crippen LogP contribution is 1.91. The third kappa shape index (κ3) is 10.8. The molecule has 3 nitrogen and oxygen atoms in total. The molecule has 0 unspecified atom stereocenters. The molecule has 0 aliphatic carbocycles. The lowest BCUT2D eigenvalue weighted by atomic mass is 10.3. The van der Waals surface area contributed by atoms with Crippen LogP contribution in [0.1, 0.15) is 26.2 Å². The number of rotatable bonds is 9. The zero-order valence-electron chi connectivity index (χ0n) is 9.50. The van der Waals surface area contributed by atoms with Gasteiger partial charge >= 0.3 is 0 Å². The fraction of sp³-hybridized carbons (Fsp3) is 0.583. The zero-order valence-corrected chi connectivity index (χ0v) is 9.50. The van der Waals surface area contributed by atoms with Crippen LogP contribution in [0.4, 0.5) is 0 Å². The van der Waals surface area contributed by atoms with Crippen LogP contribution in [0.25, 0.3) is 0 Å². The van der Waals surface area contributed by atoms with Gasteiger partial charge in [0, 0.05) is 13.2 Å². The Labute approximate surface area is 92.2 Å². The molecule has 0 aliphatic heterocycles. The second kappa shape index (κ2) is 11.0. The van der Waals surface area contributed by atoms with Crippen LogP contribution in [0.5, 0.6) is 0 Å². The molecule has 0 saturated heterocycles. The molecule has 0 heterocycles. The number of unbranched alkanes of at least 4 members (excludes halogenated alkanes) is 1. The Hall–Kier alpha value is -1.09. The smallest absolute Gasteiger partial charge is 0.243 e. The van der Waals surface area contributed by atoms with E-state index < -0.39 is 0 Å². The van der Waals surface area contributed by atoms with E-state index in [0.717, 1.165) is 32.5 Å². The van der Waals surface area contributed by atoms with Crippen LogP contribution in [-0.4, -0.2) is 25.7 Å². The number of allylic oxidation sites excluding steroid dienone is 1. The van der Waals surface area contributed by atoms with Gasteiger partial charge in [0.05, 0.1) is 6.61 Å². The molecule has 1 amide bonds. The summed E-state index contributed by atoms with van der Waals surface area (Å²) in [4.78, 5) is 10.8. The van der Waals surface area contributed by atoms with Crippen LogP contribution < -0.4 is 5.32 Å². The van der Waals surface area contributed by atoms with Crippen molar-refractivity contribution in [3.05, 3.63) is 24.8 Å². The summed E-state index contributed by atoms with van der Waals surface area (Å²) in [5.74, 6) is -0.107. The summed E-state index contributed by atoms with van der Waals surface area (Å²) < 4.78 is 5.38. The number of hydrogen-bond acceptors (Lipinski definition) is 2. The van der Waals surface area contributed by atoms with Crippen LogP contribution in [0.3, 0.4) is 0 Å². The Balaban J connectivity index is 3.05. The van der Waals surface area contributed by atoms with Crippen LogP contribution in [0, 0.1) is 0 Å². The third-order valence-corrected chi connectivity index (χ3v) is 1.86. The fourth-order valence-corrected chi connectivity index (χ4v) is 1.03. The average molecular weight is 211 g/mol. The fourth-order valence-electron chi connectivity index (χ4n) is 1.03. The van der Waals surface area contributed by atoms with Crippen molar-refractivity contribution in [3.63, 3.8) is 0 Å². The van der Waals surface area contributed by atoms with Gasteiger partial charge in [-0.3, -0.25) is 4.79 Å². The summed E-state index contributed by atoms with van der Waals surface area (Å²) in [6, 6.07) is 0. The highest BCUT2D eigenvalue weighted by atomic mass is 16.5. The van der Waals surface area contributed by atoms with E-state index in [4.69, 9.17) is 4.74 Å². The van der Waals surface area contributed by atoms with Crippen molar-refractivity contribution < 1.29 is 9.53 Å². The quantitative estimate of drug-likeness (QED) is 0.360. The van der Waals surface area contributed by atoms with Gasteiger partial charge < -0.3 is 10.1 Å². The predicted molar refractivity (Wildman–Crippen MR) is 62.7 cm³/mol. The van der Waals surface area contributed by atoms with Crippen molar-refractivity contribution in [2.24, 2.45) is 0 Å². The molecule has 0 fully saturated rings. The van der Waals surface area contributed by atoms with Crippen LogP contribution in [0.15, 0.2) is 24.8 Å². The molecule has 1 N–H and O–H groups in total. The first kappa shape index (κ1) is 13.9. The van der Waals surface area contributed by atoms with Gasteiger partial charge in [0.25, 0.3) is 0 Å². The molecule has 0 rings (SSSR count). The summed E-state index contributed by atoms with van der Waals surface area (Å²) in [7, 11) is 0. The molecule has 0 radical (unpaired) electrons. The van der Waals surface area contributed by atoms with E-state index in [2.05, 4.69) is 18.0 Å². The van der Waals surface area contributed by atoms with Gasteiger partial charge in [-0.2, -0.15) is 0 Å². The van der Waals surface area contributed by atoms with Crippen molar-refractivity contribution >= 4 is 5.91 Å². The van der Waals surface area contributed by atoms with Gasteiger partial charge in [0.15, 0.2) is 0 Å². The molecular formula is C12H21NO2. The molecule has 3 heteroatoms. The van der Waals surface area contributed by atoms with Crippen LogP contribution >= 0.6 is 0 Å². The summed E-state index contributed by atoms with van der Waals surface area (Å²) in [5.41, 5.74) is 0. The minimum atomic E-state index is -0.107. The Morgan fingerprint density at radius 3 is 2.87 bits per heavy atom. The summed E-state index contributed by atoms with van der Waals surface area (Å²) in [6.07, 6.45) is 8.30. The summed E-state index contributed by atoms with van der Waals surface area (Å²) in [6.45, 7) is 7.62. The molecule has 0 aromatic rings. The summed E-state index contributed by atoms with van der Waals surface area (Å²) in [5, 5.41) is 2.72. The standard InChI is InChI=1S/C12H21NO2/c1-3-5-7-10-15-11-8-6-9-13-12(14)4-2/h3-5H,2,6-11H2,1H3,(H,13,14). The van der Waals surface area contributed by atoms with E-state index in [9.17, 15) is 4.79 Å². The van der Waals surface area contributed by atoms with E-state index in [1.807, 2.05) is 13.0 Å².